The molecule has 152 valence electrons. The lowest BCUT2D eigenvalue weighted by molar-refractivity contribution is 0.296. The molecule has 0 unspecified atom stereocenters. The van der Waals surface area contributed by atoms with Crippen molar-refractivity contribution in [1.29, 1.82) is 0 Å². The average Bonchev–Trinajstić information content (AvgIpc) is 2.70. The van der Waals surface area contributed by atoms with Crippen molar-refractivity contribution in [3.05, 3.63) is 35.1 Å². The number of benzene rings is 1. The zero-order chi connectivity index (χ0) is 19.2. The largest absolute Gasteiger partial charge is 0.204 e. The molecule has 1 saturated heterocycles. The minimum Gasteiger partial charge on any atom is -0.204 e. The van der Waals surface area contributed by atoms with Crippen LogP contribution in [0, 0.1) is 29.3 Å². The van der Waals surface area contributed by atoms with Gasteiger partial charge in [-0.05, 0) is 61.1 Å². The quantitative estimate of drug-likeness (QED) is 0.253. The fourth-order valence-corrected chi connectivity index (χ4v) is 8.38. The van der Waals surface area contributed by atoms with E-state index in [1.165, 1.54) is 56.7 Å². The van der Waals surface area contributed by atoms with E-state index in [0.717, 1.165) is 37.5 Å². The third-order valence-corrected chi connectivity index (χ3v) is 10.8. The first-order chi connectivity index (χ1) is 13.1. The Kier molecular flexibility index (Phi) is 7.86. The fourth-order valence-electron chi connectivity index (χ4n) is 5.39. The topological polar surface area (TPSA) is 0 Å². The Labute approximate surface area is 164 Å². The van der Waals surface area contributed by atoms with Gasteiger partial charge >= 0.3 is 0 Å². The molecule has 0 atom stereocenters. The van der Waals surface area contributed by atoms with Crippen LogP contribution in [0.25, 0.3) is 0 Å². The molecule has 1 heterocycles. The monoisotopic (exact) mass is 396 g/mol. The summed E-state index contributed by atoms with van der Waals surface area (Å²) < 4.78 is 40.1. The summed E-state index contributed by atoms with van der Waals surface area (Å²) in [5.41, 5.74) is 0.635. The van der Waals surface area contributed by atoms with Crippen LogP contribution in [0.1, 0.15) is 82.6 Å². The van der Waals surface area contributed by atoms with E-state index in [-0.39, 0.29) is 14.7 Å². The van der Waals surface area contributed by atoms with E-state index in [4.69, 9.17) is 0 Å². The number of hydrogen-bond donors (Lipinski definition) is 0. The summed E-state index contributed by atoms with van der Waals surface area (Å²) >= 11 is 0. The van der Waals surface area contributed by atoms with Crippen molar-refractivity contribution in [3.63, 3.8) is 0 Å². The molecule has 0 bridgehead atoms. The molecular formula is C23H35F3Si. The smallest absolute Gasteiger partial charge is 0.194 e. The van der Waals surface area contributed by atoms with Crippen molar-refractivity contribution in [2.24, 2.45) is 11.8 Å². The SMILES string of the molecule is CC[Si@H]1CC[C@H](CCCC[C@H]2CC[C@H](c3cc(F)c(F)c(F)c3)CC2)CC1. The molecule has 1 aromatic rings. The summed E-state index contributed by atoms with van der Waals surface area (Å²) in [7, 11) is -0.317. The van der Waals surface area contributed by atoms with E-state index < -0.39 is 17.5 Å². The van der Waals surface area contributed by atoms with Gasteiger partial charge in [0, 0.05) is 8.80 Å². The van der Waals surface area contributed by atoms with Crippen LogP contribution in [-0.4, -0.2) is 8.80 Å². The Bertz CT molecular complexity index is 564. The van der Waals surface area contributed by atoms with E-state index in [0.29, 0.717) is 5.56 Å². The molecule has 0 N–H and O–H groups in total. The van der Waals surface area contributed by atoms with Gasteiger partial charge in [0.1, 0.15) is 0 Å². The van der Waals surface area contributed by atoms with Crippen LogP contribution in [0.3, 0.4) is 0 Å². The first kappa shape index (κ1) is 20.9. The van der Waals surface area contributed by atoms with Crippen molar-refractivity contribution in [2.45, 2.75) is 95.2 Å². The number of unbranched alkanes of at least 4 members (excludes halogenated alkanes) is 1. The van der Waals surface area contributed by atoms with Gasteiger partial charge in [0.15, 0.2) is 17.5 Å². The molecule has 4 heteroatoms. The second-order valence-corrected chi connectivity index (χ2v) is 12.8. The van der Waals surface area contributed by atoms with Crippen LogP contribution in [0.15, 0.2) is 12.1 Å². The molecule has 3 rings (SSSR count). The van der Waals surface area contributed by atoms with Crippen molar-refractivity contribution < 1.29 is 13.2 Å². The first-order valence-corrected chi connectivity index (χ1v) is 13.7. The van der Waals surface area contributed by atoms with Crippen LogP contribution in [-0.2, 0) is 0 Å². The minimum absolute atomic E-state index is 0.184. The maximum atomic E-state index is 13.5. The number of halogens is 3. The van der Waals surface area contributed by atoms with Gasteiger partial charge in [0.2, 0.25) is 0 Å². The van der Waals surface area contributed by atoms with E-state index in [1.54, 1.807) is 12.1 Å². The van der Waals surface area contributed by atoms with Crippen molar-refractivity contribution >= 4 is 8.80 Å². The third kappa shape index (κ3) is 5.85. The number of hydrogen-bond acceptors (Lipinski definition) is 0. The van der Waals surface area contributed by atoms with Crippen molar-refractivity contribution in [2.75, 3.05) is 0 Å². The minimum atomic E-state index is -1.35. The summed E-state index contributed by atoms with van der Waals surface area (Å²) in [6.45, 7) is 2.38. The molecular weight excluding hydrogens is 361 g/mol. The summed E-state index contributed by atoms with van der Waals surface area (Å²) in [4.78, 5) is 0. The standard InChI is InChI=1S/C23H35F3Si/c1-2-27-13-11-18(12-14-27)6-4-3-5-17-7-9-19(10-8-17)20-15-21(24)23(26)22(25)16-20/h15-19,27H,2-14H2,1H3/t17-,18-,19-,27-. The Morgan fingerprint density at radius 1 is 0.815 bits per heavy atom. The zero-order valence-corrected chi connectivity index (χ0v) is 17.9. The Hall–Kier alpha value is -0.773. The highest BCUT2D eigenvalue weighted by Crippen LogP contribution is 2.39. The lowest BCUT2D eigenvalue weighted by atomic mass is 9.77. The van der Waals surface area contributed by atoms with E-state index in [1.807, 2.05) is 0 Å². The van der Waals surface area contributed by atoms with E-state index in [9.17, 15) is 13.2 Å². The fraction of sp³-hybridized carbons (Fsp3) is 0.739. The third-order valence-electron chi connectivity index (χ3n) is 7.34. The summed E-state index contributed by atoms with van der Waals surface area (Å²) in [5, 5.41) is 0. The van der Waals surface area contributed by atoms with Crippen LogP contribution in [0.5, 0.6) is 0 Å². The number of rotatable bonds is 7. The van der Waals surface area contributed by atoms with E-state index >= 15 is 0 Å². The predicted molar refractivity (Wildman–Crippen MR) is 109 cm³/mol. The molecule has 2 fully saturated rings. The maximum absolute atomic E-state index is 13.5. The second-order valence-electron chi connectivity index (χ2n) is 9.10. The highest BCUT2D eigenvalue weighted by atomic mass is 28.3. The second kappa shape index (κ2) is 10.1. The lowest BCUT2D eigenvalue weighted by Crippen LogP contribution is -2.20. The van der Waals surface area contributed by atoms with Gasteiger partial charge in [-0.25, -0.2) is 13.2 Å². The van der Waals surface area contributed by atoms with Crippen LogP contribution in [0.4, 0.5) is 13.2 Å². The first-order valence-electron chi connectivity index (χ1n) is 11.2. The molecule has 1 aliphatic carbocycles. The highest BCUT2D eigenvalue weighted by molar-refractivity contribution is 6.58. The normalized spacial score (nSPS) is 29.0. The average molecular weight is 397 g/mol. The molecule has 0 amide bonds. The summed E-state index contributed by atoms with van der Waals surface area (Å²) in [6, 6.07) is 7.04. The Morgan fingerprint density at radius 2 is 1.33 bits per heavy atom. The molecule has 1 aliphatic heterocycles. The van der Waals surface area contributed by atoms with Gasteiger partial charge in [-0.3, -0.25) is 0 Å². The van der Waals surface area contributed by atoms with Gasteiger partial charge in [-0.15, -0.1) is 0 Å². The molecule has 2 aliphatic rings. The van der Waals surface area contributed by atoms with Gasteiger partial charge < -0.3 is 0 Å². The van der Waals surface area contributed by atoms with E-state index in [2.05, 4.69) is 6.92 Å². The van der Waals surface area contributed by atoms with Crippen LogP contribution in [0.2, 0.25) is 18.1 Å². The Balaban J connectivity index is 1.33. The lowest BCUT2D eigenvalue weighted by Gasteiger charge is -2.29. The molecule has 27 heavy (non-hydrogen) atoms. The summed E-state index contributed by atoms with van der Waals surface area (Å²) in [6.07, 6.45) is 12.7. The summed E-state index contributed by atoms with van der Waals surface area (Å²) in [5.74, 6) is -1.51. The molecule has 0 aromatic heterocycles. The van der Waals surface area contributed by atoms with Gasteiger partial charge in [0.05, 0.1) is 0 Å². The van der Waals surface area contributed by atoms with Gasteiger partial charge in [-0.2, -0.15) is 0 Å². The highest BCUT2D eigenvalue weighted by Gasteiger charge is 2.25. The maximum Gasteiger partial charge on any atom is 0.194 e. The Morgan fingerprint density at radius 3 is 1.85 bits per heavy atom. The van der Waals surface area contributed by atoms with Crippen LogP contribution >= 0.6 is 0 Å². The molecule has 1 saturated carbocycles. The van der Waals surface area contributed by atoms with Gasteiger partial charge in [-0.1, -0.05) is 63.6 Å². The molecule has 1 aromatic carbocycles. The predicted octanol–water partition coefficient (Wildman–Crippen LogP) is 7.60. The van der Waals surface area contributed by atoms with Crippen molar-refractivity contribution in [3.8, 4) is 0 Å². The zero-order valence-electron chi connectivity index (χ0n) is 16.8. The molecule has 0 spiro atoms. The molecule has 0 radical (unpaired) electrons. The van der Waals surface area contributed by atoms with Crippen LogP contribution < -0.4 is 0 Å². The molecule has 0 nitrogen and oxygen atoms in total. The van der Waals surface area contributed by atoms with Crippen molar-refractivity contribution in [1.82, 2.24) is 0 Å². The van der Waals surface area contributed by atoms with Gasteiger partial charge in [0.25, 0.3) is 0 Å².